The standard InChI is InChI=1S/C14H27N3O2.ClH/c1-3-9-16-12(18)5-4-6-13(19)17-14(2,10-15)11-7-8-11;/h11H,3-10,15H2,1-2H3,(H,16,18)(H,17,19);1H. The van der Waals surface area contributed by atoms with Crippen molar-refractivity contribution in [1.29, 1.82) is 0 Å². The van der Waals surface area contributed by atoms with Crippen molar-refractivity contribution in [3.8, 4) is 0 Å². The van der Waals surface area contributed by atoms with Crippen LogP contribution in [0.5, 0.6) is 0 Å². The minimum atomic E-state index is -0.262. The van der Waals surface area contributed by atoms with E-state index >= 15 is 0 Å². The van der Waals surface area contributed by atoms with Gasteiger partial charge in [0.15, 0.2) is 0 Å². The van der Waals surface area contributed by atoms with Gasteiger partial charge in [-0.2, -0.15) is 0 Å². The van der Waals surface area contributed by atoms with Gasteiger partial charge in [0.05, 0.1) is 5.54 Å². The number of amides is 2. The van der Waals surface area contributed by atoms with Crippen LogP contribution < -0.4 is 16.4 Å². The van der Waals surface area contributed by atoms with E-state index < -0.39 is 0 Å². The molecule has 6 heteroatoms. The first kappa shape index (κ1) is 19.2. The van der Waals surface area contributed by atoms with Crippen LogP contribution in [0.15, 0.2) is 0 Å². The maximum atomic E-state index is 11.8. The van der Waals surface area contributed by atoms with Gasteiger partial charge in [0.2, 0.25) is 11.8 Å². The highest BCUT2D eigenvalue weighted by Crippen LogP contribution is 2.38. The lowest BCUT2D eigenvalue weighted by molar-refractivity contribution is -0.123. The predicted molar refractivity (Wildman–Crippen MR) is 82.7 cm³/mol. The lowest BCUT2D eigenvalue weighted by Gasteiger charge is -2.29. The van der Waals surface area contributed by atoms with Gasteiger partial charge in [-0.15, -0.1) is 12.4 Å². The fourth-order valence-electron chi connectivity index (χ4n) is 2.18. The Hall–Kier alpha value is -0.810. The Kier molecular flexibility index (Phi) is 8.81. The number of carbonyl (C=O) groups is 2. The summed E-state index contributed by atoms with van der Waals surface area (Å²) in [7, 11) is 0. The number of hydrogen-bond acceptors (Lipinski definition) is 3. The third kappa shape index (κ3) is 6.57. The summed E-state index contributed by atoms with van der Waals surface area (Å²) >= 11 is 0. The zero-order valence-corrected chi connectivity index (χ0v) is 13.4. The largest absolute Gasteiger partial charge is 0.356 e. The fraction of sp³-hybridized carbons (Fsp3) is 0.857. The number of carbonyl (C=O) groups excluding carboxylic acids is 2. The summed E-state index contributed by atoms with van der Waals surface area (Å²) in [5.41, 5.74) is 5.49. The van der Waals surface area contributed by atoms with E-state index in [1.54, 1.807) is 0 Å². The van der Waals surface area contributed by atoms with Crippen LogP contribution in [-0.2, 0) is 9.59 Å². The molecule has 0 aromatic heterocycles. The highest BCUT2D eigenvalue weighted by molar-refractivity contribution is 5.85. The van der Waals surface area contributed by atoms with Gasteiger partial charge >= 0.3 is 0 Å². The maximum absolute atomic E-state index is 11.8. The first-order chi connectivity index (χ1) is 9.01. The summed E-state index contributed by atoms with van der Waals surface area (Å²) in [6.45, 7) is 5.20. The lowest BCUT2D eigenvalue weighted by atomic mass is 9.95. The van der Waals surface area contributed by atoms with Crippen LogP contribution in [0, 0.1) is 5.92 Å². The number of halogens is 1. The van der Waals surface area contributed by atoms with Gasteiger partial charge in [0.25, 0.3) is 0 Å². The van der Waals surface area contributed by atoms with Crippen molar-refractivity contribution in [2.24, 2.45) is 11.7 Å². The summed E-state index contributed by atoms with van der Waals surface area (Å²) in [4.78, 5) is 23.2. The number of nitrogens with two attached hydrogens (primary N) is 1. The molecule has 1 aliphatic carbocycles. The minimum absolute atomic E-state index is 0. The van der Waals surface area contributed by atoms with Gasteiger partial charge in [-0.1, -0.05) is 6.92 Å². The van der Waals surface area contributed by atoms with Crippen molar-refractivity contribution >= 4 is 24.2 Å². The normalized spacial score (nSPS) is 16.8. The first-order valence-electron chi connectivity index (χ1n) is 7.29. The topological polar surface area (TPSA) is 84.2 Å². The molecule has 0 aromatic carbocycles. The molecular formula is C14H28ClN3O2. The van der Waals surface area contributed by atoms with E-state index in [0.717, 1.165) is 19.3 Å². The molecule has 0 heterocycles. The highest BCUT2D eigenvalue weighted by atomic mass is 35.5. The average Bonchev–Trinajstić information content (AvgIpc) is 3.20. The number of rotatable bonds is 9. The van der Waals surface area contributed by atoms with Crippen LogP contribution in [0.3, 0.4) is 0 Å². The first-order valence-corrected chi connectivity index (χ1v) is 7.29. The molecule has 1 aliphatic rings. The fourth-order valence-corrected chi connectivity index (χ4v) is 2.18. The van der Waals surface area contributed by atoms with Crippen LogP contribution in [0.25, 0.3) is 0 Å². The zero-order valence-electron chi connectivity index (χ0n) is 12.5. The van der Waals surface area contributed by atoms with Crippen molar-refractivity contribution in [2.75, 3.05) is 13.1 Å². The Morgan fingerprint density at radius 1 is 1.25 bits per heavy atom. The predicted octanol–water partition coefficient (Wildman–Crippen LogP) is 1.35. The van der Waals surface area contributed by atoms with Crippen LogP contribution in [0.1, 0.15) is 52.4 Å². The molecule has 4 N–H and O–H groups in total. The zero-order chi connectivity index (χ0) is 14.3. The van der Waals surface area contributed by atoms with Crippen molar-refractivity contribution in [2.45, 2.75) is 57.9 Å². The van der Waals surface area contributed by atoms with Crippen LogP contribution in [-0.4, -0.2) is 30.4 Å². The van der Waals surface area contributed by atoms with Crippen molar-refractivity contribution in [3.63, 3.8) is 0 Å². The summed E-state index contributed by atoms with van der Waals surface area (Å²) in [5.74, 6) is 0.552. The smallest absolute Gasteiger partial charge is 0.220 e. The van der Waals surface area contributed by atoms with Gasteiger partial charge in [-0.3, -0.25) is 9.59 Å². The van der Waals surface area contributed by atoms with Crippen molar-refractivity contribution < 1.29 is 9.59 Å². The molecule has 5 nitrogen and oxygen atoms in total. The third-order valence-electron chi connectivity index (χ3n) is 3.71. The minimum Gasteiger partial charge on any atom is -0.356 e. The van der Waals surface area contributed by atoms with Crippen LogP contribution in [0.2, 0.25) is 0 Å². The second-order valence-electron chi connectivity index (χ2n) is 5.65. The number of hydrogen-bond donors (Lipinski definition) is 3. The van der Waals surface area contributed by atoms with Crippen LogP contribution in [0.4, 0.5) is 0 Å². The summed E-state index contributed by atoms with van der Waals surface area (Å²) in [6.07, 6.45) is 4.62. The van der Waals surface area contributed by atoms with Crippen LogP contribution >= 0.6 is 12.4 Å². The lowest BCUT2D eigenvalue weighted by Crippen LogP contribution is -2.53. The summed E-state index contributed by atoms with van der Waals surface area (Å²) < 4.78 is 0. The summed E-state index contributed by atoms with van der Waals surface area (Å²) in [5, 5.41) is 5.83. The Balaban J connectivity index is 0.00000361. The van der Waals surface area contributed by atoms with Crippen molar-refractivity contribution in [1.82, 2.24) is 10.6 Å². The van der Waals surface area contributed by atoms with Gasteiger partial charge in [-0.05, 0) is 38.5 Å². The molecule has 0 bridgehead atoms. The molecular weight excluding hydrogens is 278 g/mol. The molecule has 1 rings (SSSR count). The van der Waals surface area contributed by atoms with E-state index in [1.165, 1.54) is 0 Å². The Morgan fingerprint density at radius 3 is 2.35 bits per heavy atom. The van der Waals surface area contributed by atoms with Gasteiger partial charge in [0.1, 0.15) is 0 Å². The van der Waals surface area contributed by atoms with E-state index in [-0.39, 0.29) is 29.8 Å². The highest BCUT2D eigenvalue weighted by Gasteiger charge is 2.41. The van der Waals surface area contributed by atoms with E-state index in [9.17, 15) is 9.59 Å². The SMILES string of the molecule is CCCNC(=O)CCCC(=O)NC(C)(CN)C1CC1.Cl. The molecule has 20 heavy (non-hydrogen) atoms. The van der Waals surface area contributed by atoms with E-state index in [4.69, 9.17) is 5.73 Å². The molecule has 1 atom stereocenters. The van der Waals surface area contributed by atoms with Gasteiger partial charge < -0.3 is 16.4 Å². The molecule has 118 valence electrons. The number of nitrogens with one attached hydrogen (secondary N) is 2. The van der Waals surface area contributed by atoms with Gasteiger partial charge in [0, 0.05) is 25.9 Å². The molecule has 0 aromatic rings. The molecule has 2 amide bonds. The molecule has 0 spiro atoms. The average molecular weight is 306 g/mol. The monoisotopic (exact) mass is 305 g/mol. The summed E-state index contributed by atoms with van der Waals surface area (Å²) in [6, 6.07) is 0. The van der Waals surface area contributed by atoms with E-state index in [1.807, 2.05) is 13.8 Å². The second-order valence-corrected chi connectivity index (χ2v) is 5.65. The van der Waals surface area contributed by atoms with Crippen molar-refractivity contribution in [3.05, 3.63) is 0 Å². The molecule has 0 saturated heterocycles. The Bertz CT molecular complexity index is 322. The van der Waals surface area contributed by atoms with E-state index in [2.05, 4.69) is 10.6 Å². The molecule has 0 radical (unpaired) electrons. The molecule has 1 fully saturated rings. The third-order valence-corrected chi connectivity index (χ3v) is 3.71. The Labute approximate surface area is 127 Å². The van der Waals surface area contributed by atoms with Gasteiger partial charge in [-0.25, -0.2) is 0 Å². The maximum Gasteiger partial charge on any atom is 0.220 e. The quantitative estimate of drug-likeness (QED) is 0.601. The second kappa shape index (κ2) is 9.19. The molecule has 1 unspecified atom stereocenters. The molecule has 1 saturated carbocycles. The molecule has 0 aliphatic heterocycles. The van der Waals surface area contributed by atoms with E-state index in [0.29, 0.717) is 38.3 Å². The Morgan fingerprint density at radius 2 is 1.85 bits per heavy atom.